The number of hydrogen-bond acceptors (Lipinski definition) is 5. The molecule has 0 spiro atoms. The average Bonchev–Trinajstić information content (AvgIpc) is 2.52. The number of ether oxygens (including phenoxy) is 1. The van der Waals surface area contributed by atoms with Crippen LogP contribution < -0.4 is 10.2 Å². The van der Waals surface area contributed by atoms with Gasteiger partial charge in [0.25, 0.3) is 5.91 Å². The van der Waals surface area contributed by atoms with Crippen LogP contribution in [-0.2, 0) is 0 Å². The van der Waals surface area contributed by atoms with Gasteiger partial charge in [-0.1, -0.05) is 17.7 Å². The van der Waals surface area contributed by atoms with E-state index in [9.17, 15) is 15.0 Å². The maximum absolute atomic E-state index is 11.9. The number of rotatable bonds is 5. The highest BCUT2D eigenvalue weighted by Gasteiger charge is 2.09. The molecule has 0 radical (unpaired) electrons. The van der Waals surface area contributed by atoms with Crippen molar-refractivity contribution in [3.8, 4) is 17.2 Å². The van der Waals surface area contributed by atoms with E-state index in [-0.39, 0.29) is 27.8 Å². The minimum Gasteiger partial charge on any atom is -0.508 e. The van der Waals surface area contributed by atoms with Gasteiger partial charge in [0.1, 0.15) is 5.75 Å². The first-order valence-corrected chi connectivity index (χ1v) is 7.16. The highest BCUT2D eigenvalue weighted by Crippen LogP contribution is 2.34. The van der Waals surface area contributed by atoms with E-state index in [1.807, 2.05) is 0 Å². The molecule has 0 fully saturated rings. The molecule has 0 aliphatic rings. The fourth-order valence-electron chi connectivity index (χ4n) is 1.81. The van der Waals surface area contributed by atoms with Crippen LogP contribution >= 0.6 is 11.6 Å². The van der Waals surface area contributed by atoms with Crippen LogP contribution in [0, 0.1) is 0 Å². The summed E-state index contributed by atoms with van der Waals surface area (Å²) in [5.74, 6) is -0.379. The molecule has 0 saturated heterocycles. The van der Waals surface area contributed by atoms with Crippen molar-refractivity contribution < 1.29 is 19.7 Å². The van der Waals surface area contributed by atoms with E-state index in [1.165, 1.54) is 24.4 Å². The van der Waals surface area contributed by atoms with Crippen LogP contribution in [0.3, 0.4) is 0 Å². The number of nitrogens with one attached hydrogen (secondary N) is 1. The molecule has 0 saturated carbocycles. The van der Waals surface area contributed by atoms with Gasteiger partial charge in [-0.2, -0.15) is 5.10 Å². The van der Waals surface area contributed by atoms with Gasteiger partial charge in [0, 0.05) is 5.56 Å². The Hall–Kier alpha value is -2.73. The monoisotopic (exact) mass is 334 g/mol. The molecule has 6 nitrogen and oxygen atoms in total. The Labute approximate surface area is 138 Å². The predicted octanol–water partition coefficient (Wildman–Crippen LogP) is 2.91. The van der Waals surface area contributed by atoms with Gasteiger partial charge in [-0.3, -0.25) is 4.79 Å². The summed E-state index contributed by atoms with van der Waals surface area (Å²) in [5, 5.41) is 23.0. The molecule has 7 heteroatoms. The molecule has 0 aliphatic carbocycles. The van der Waals surface area contributed by atoms with E-state index >= 15 is 0 Å². The van der Waals surface area contributed by atoms with Crippen molar-refractivity contribution in [2.75, 3.05) is 6.61 Å². The number of amides is 1. The highest BCUT2D eigenvalue weighted by molar-refractivity contribution is 6.32. The quantitative estimate of drug-likeness (QED) is 0.579. The number of nitrogens with zero attached hydrogens (tertiary/aromatic N) is 1. The fourth-order valence-corrected chi connectivity index (χ4v) is 2.03. The Kier molecular flexibility index (Phi) is 5.43. The van der Waals surface area contributed by atoms with Gasteiger partial charge >= 0.3 is 0 Å². The molecule has 2 rings (SSSR count). The van der Waals surface area contributed by atoms with Crippen molar-refractivity contribution in [3.63, 3.8) is 0 Å². The number of phenols is 2. The van der Waals surface area contributed by atoms with Gasteiger partial charge in [0.05, 0.1) is 17.8 Å². The fraction of sp³-hybridized carbons (Fsp3) is 0.125. The van der Waals surface area contributed by atoms with Crippen molar-refractivity contribution >= 4 is 23.7 Å². The zero-order valence-electron chi connectivity index (χ0n) is 12.3. The number of carbonyl (C=O) groups excluding carboxylic acids is 1. The molecule has 3 N–H and O–H groups in total. The standard InChI is InChI=1S/C16H15ClN2O4/c1-2-23-14-7-10(6-13(17)15(14)21)9-18-19-16(22)11-4-3-5-12(20)8-11/h3-9,20-21H,2H2,1H3,(H,19,22)/b18-9+. The van der Waals surface area contributed by atoms with E-state index in [1.54, 1.807) is 25.1 Å². The molecule has 1 amide bonds. The van der Waals surface area contributed by atoms with Crippen molar-refractivity contribution in [3.05, 3.63) is 52.5 Å². The van der Waals surface area contributed by atoms with Gasteiger partial charge in [0.15, 0.2) is 11.5 Å². The normalized spacial score (nSPS) is 10.7. The Morgan fingerprint density at radius 3 is 2.83 bits per heavy atom. The zero-order valence-corrected chi connectivity index (χ0v) is 13.0. The van der Waals surface area contributed by atoms with E-state index in [2.05, 4.69) is 10.5 Å². The summed E-state index contributed by atoms with van der Waals surface area (Å²) in [4.78, 5) is 11.9. The first kappa shape index (κ1) is 16.6. The predicted molar refractivity (Wildman–Crippen MR) is 87.5 cm³/mol. The number of hydrogen-bond donors (Lipinski definition) is 3. The molecule has 2 aromatic rings. The summed E-state index contributed by atoms with van der Waals surface area (Å²) in [6.07, 6.45) is 1.37. The SMILES string of the molecule is CCOc1cc(/C=N/NC(=O)c2cccc(O)c2)cc(Cl)c1O. The van der Waals surface area contributed by atoms with E-state index in [0.717, 1.165) is 0 Å². The molecule has 0 unspecified atom stereocenters. The molecular formula is C16H15ClN2O4. The molecular weight excluding hydrogens is 320 g/mol. The average molecular weight is 335 g/mol. The summed E-state index contributed by atoms with van der Waals surface area (Å²) < 4.78 is 5.26. The Bertz CT molecular complexity index is 747. The maximum Gasteiger partial charge on any atom is 0.271 e. The van der Waals surface area contributed by atoms with Crippen LogP contribution in [0.15, 0.2) is 41.5 Å². The summed E-state index contributed by atoms with van der Waals surface area (Å²) in [7, 11) is 0. The minimum absolute atomic E-state index is 0.00620. The van der Waals surface area contributed by atoms with Crippen LogP contribution in [0.1, 0.15) is 22.8 Å². The molecule has 0 aliphatic heterocycles. The summed E-state index contributed by atoms with van der Waals surface area (Å²) in [6, 6.07) is 8.94. The van der Waals surface area contributed by atoms with Crippen molar-refractivity contribution in [2.45, 2.75) is 6.92 Å². The first-order chi connectivity index (χ1) is 11.0. The van der Waals surface area contributed by atoms with Gasteiger partial charge in [0.2, 0.25) is 0 Å². The molecule has 120 valence electrons. The smallest absolute Gasteiger partial charge is 0.271 e. The Morgan fingerprint density at radius 2 is 2.13 bits per heavy atom. The number of aromatic hydroxyl groups is 2. The lowest BCUT2D eigenvalue weighted by molar-refractivity contribution is 0.0954. The topological polar surface area (TPSA) is 91.2 Å². The summed E-state index contributed by atoms with van der Waals surface area (Å²) >= 11 is 5.90. The molecule has 0 atom stereocenters. The molecule has 2 aromatic carbocycles. The van der Waals surface area contributed by atoms with Crippen LogP contribution in [0.2, 0.25) is 5.02 Å². The van der Waals surface area contributed by atoms with E-state index < -0.39 is 5.91 Å². The van der Waals surface area contributed by atoms with Gasteiger partial charge in [-0.15, -0.1) is 0 Å². The van der Waals surface area contributed by atoms with Crippen molar-refractivity contribution in [2.24, 2.45) is 5.10 Å². The van der Waals surface area contributed by atoms with Crippen LogP contribution in [0.25, 0.3) is 0 Å². The van der Waals surface area contributed by atoms with Gasteiger partial charge in [-0.25, -0.2) is 5.43 Å². The lowest BCUT2D eigenvalue weighted by Crippen LogP contribution is -2.17. The molecule has 0 bridgehead atoms. The second-order valence-corrected chi connectivity index (χ2v) is 4.94. The van der Waals surface area contributed by atoms with Crippen LogP contribution in [0.4, 0.5) is 0 Å². The third kappa shape index (κ3) is 4.37. The second kappa shape index (κ2) is 7.51. The van der Waals surface area contributed by atoms with Crippen molar-refractivity contribution in [1.82, 2.24) is 5.43 Å². The summed E-state index contributed by atoms with van der Waals surface area (Å²) in [6.45, 7) is 2.16. The number of phenolic OH excluding ortho intramolecular Hbond substituents is 2. The maximum atomic E-state index is 11.9. The van der Waals surface area contributed by atoms with E-state index in [4.69, 9.17) is 16.3 Å². The molecule has 0 aromatic heterocycles. The Balaban J connectivity index is 2.10. The zero-order chi connectivity index (χ0) is 16.8. The van der Waals surface area contributed by atoms with Crippen LogP contribution in [0.5, 0.6) is 17.2 Å². The highest BCUT2D eigenvalue weighted by atomic mass is 35.5. The van der Waals surface area contributed by atoms with E-state index in [0.29, 0.717) is 12.2 Å². The largest absolute Gasteiger partial charge is 0.508 e. The molecule has 0 heterocycles. The third-order valence-electron chi connectivity index (χ3n) is 2.84. The number of hydrazone groups is 1. The summed E-state index contributed by atoms with van der Waals surface area (Å²) in [5.41, 5.74) is 3.16. The second-order valence-electron chi connectivity index (χ2n) is 4.53. The van der Waals surface area contributed by atoms with Gasteiger partial charge in [-0.05, 0) is 42.8 Å². The number of halogens is 1. The Morgan fingerprint density at radius 1 is 1.35 bits per heavy atom. The lowest BCUT2D eigenvalue weighted by atomic mass is 10.2. The number of benzene rings is 2. The minimum atomic E-state index is -0.466. The first-order valence-electron chi connectivity index (χ1n) is 6.79. The lowest BCUT2D eigenvalue weighted by Gasteiger charge is -2.08. The van der Waals surface area contributed by atoms with Crippen molar-refractivity contribution in [1.29, 1.82) is 0 Å². The van der Waals surface area contributed by atoms with Crippen LogP contribution in [-0.4, -0.2) is 28.9 Å². The van der Waals surface area contributed by atoms with Gasteiger partial charge < -0.3 is 14.9 Å². The number of carbonyl (C=O) groups is 1. The molecule has 23 heavy (non-hydrogen) atoms. The third-order valence-corrected chi connectivity index (χ3v) is 3.13.